The number of aromatic nitrogens is 3. The fourth-order valence-electron chi connectivity index (χ4n) is 2.31. The van der Waals surface area contributed by atoms with Gasteiger partial charge in [-0.25, -0.2) is 0 Å². The van der Waals surface area contributed by atoms with Gasteiger partial charge in [0.05, 0.1) is 12.1 Å². The lowest BCUT2D eigenvalue weighted by Gasteiger charge is -2.24. The van der Waals surface area contributed by atoms with Crippen molar-refractivity contribution in [3.63, 3.8) is 0 Å². The van der Waals surface area contributed by atoms with Gasteiger partial charge >= 0.3 is 0 Å². The number of Topliss-reactive ketones (excluding diaryl/α,β-unsaturated/α-hetero) is 1. The maximum Gasteiger partial charge on any atom is 0.146 e. The van der Waals surface area contributed by atoms with Crippen molar-refractivity contribution in [2.45, 2.75) is 26.2 Å². The minimum atomic E-state index is -0.169. The maximum atomic E-state index is 12.3. The van der Waals surface area contributed by atoms with Gasteiger partial charge in [0.15, 0.2) is 0 Å². The van der Waals surface area contributed by atoms with E-state index in [1.165, 1.54) is 0 Å². The van der Waals surface area contributed by atoms with Gasteiger partial charge in [0.25, 0.3) is 0 Å². The Morgan fingerprint density at radius 3 is 3.00 bits per heavy atom. The standard InChI is InChI=1S/C11H18N4O/c1-3-11(4-5-12-8-11)10(16)6-9-7-15(2)14-13-9/h7,12H,3-6,8H2,1-2H3. The minimum absolute atomic E-state index is 0.169. The first kappa shape index (κ1) is 11.3. The second-order valence-electron chi connectivity index (χ2n) is 4.54. The summed E-state index contributed by atoms with van der Waals surface area (Å²) in [6.07, 6.45) is 4.06. The Kier molecular flexibility index (Phi) is 3.05. The van der Waals surface area contributed by atoms with E-state index in [4.69, 9.17) is 0 Å². The molecule has 16 heavy (non-hydrogen) atoms. The van der Waals surface area contributed by atoms with Gasteiger partial charge in [-0.15, -0.1) is 5.10 Å². The summed E-state index contributed by atoms with van der Waals surface area (Å²) in [5.41, 5.74) is 0.601. The van der Waals surface area contributed by atoms with Gasteiger partial charge in [-0.2, -0.15) is 0 Å². The highest BCUT2D eigenvalue weighted by Gasteiger charge is 2.38. The molecule has 1 atom stereocenters. The van der Waals surface area contributed by atoms with Crippen LogP contribution in [0.4, 0.5) is 0 Å². The molecule has 0 radical (unpaired) electrons. The average molecular weight is 222 g/mol. The number of carbonyl (C=O) groups is 1. The maximum absolute atomic E-state index is 12.3. The number of hydrogen-bond acceptors (Lipinski definition) is 4. The molecule has 1 aliphatic heterocycles. The van der Waals surface area contributed by atoms with Gasteiger partial charge in [-0.1, -0.05) is 12.1 Å². The van der Waals surface area contributed by atoms with E-state index in [0.717, 1.165) is 31.6 Å². The van der Waals surface area contributed by atoms with Gasteiger partial charge in [0.1, 0.15) is 5.78 Å². The van der Waals surface area contributed by atoms with Crippen LogP contribution in [0.1, 0.15) is 25.5 Å². The number of carbonyl (C=O) groups excluding carboxylic acids is 1. The lowest BCUT2D eigenvalue weighted by Crippen LogP contribution is -2.34. The molecule has 1 unspecified atom stereocenters. The van der Waals surface area contributed by atoms with Crippen LogP contribution in [-0.4, -0.2) is 33.9 Å². The average Bonchev–Trinajstić information content (AvgIpc) is 2.88. The van der Waals surface area contributed by atoms with E-state index < -0.39 is 0 Å². The second-order valence-corrected chi connectivity index (χ2v) is 4.54. The SMILES string of the molecule is CCC1(C(=O)Cc2cn(C)nn2)CCNC1. The van der Waals surface area contributed by atoms with Crippen LogP contribution >= 0.6 is 0 Å². The highest BCUT2D eigenvalue weighted by Crippen LogP contribution is 2.31. The molecule has 88 valence electrons. The molecule has 1 fully saturated rings. The molecule has 2 heterocycles. The Labute approximate surface area is 95.2 Å². The summed E-state index contributed by atoms with van der Waals surface area (Å²) in [6, 6.07) is 0. The zero-order valence-corrected chi connectivity index (χ0v) is 9.86. The number of nitrogens with zero attached hydrogens (tertiary/aromatic N) is 3. The van der Waals surface area contributed by atoms with Crippen LogP contribution in [0.2, 0.25) is 0 Å². The van der Waals surface area contributed by atoms with Gasteiger partial charge in [0, 0.05) is 25.2 Å². The van der Waals surface area contributed by atoms with Crippen LogP contribution in [0.5, 0.6) is 0 Å². The Hall–Kier alpha value is -1.23. The van der Waals surface area contributed by atoms with Crippen LogP contribution in [0.15, 0.2) is 6.20 Å². The topological polar surface area (TPSA) is 59.8 Å². The predicted octanol–water partition coefficient (Wildman–Crippen LogP) is 0.316. The monoisotopic (exact) mass is 222 g/mol. The largest absolute Gasteiger partial charge is 0.316 e. The zero-order valence-electron chi connectivity index (χ0n) is 9.86. The Bertz CT molecular complexity index is 379. The van der Waals surface area contributed by atoms with Crippen LogP contribution in [0, 0.1) is 5.41 Å². The summed E-state index contributed by atoms with van der Waals surface area (Å²) in [7, 11) is 1.81. The molecule has 1 N–H and O–H groups in total. The summed E-state index contributed by atoms with van der Waals surface area (Å²) in [5.74, 6) is 0.292. The molecule has 0 aliphatic carbocycles. The first-order valence-corrected chi connectivity index (χ1v) is 5.75. The molecule has 1 saturated heterocycles. The van der Waals surface area contributed by atoms with Gasteiger partial charge in [-0.05, 0) is 19.4 Å². The predicted molar refractivity (Wildman–Crippen MR) is 59.9 cm³/mol. The van der Waals surface area contributed by atoms with E-state index in [9.17, 15) is 4.79 Å². The number of ketones is 1. The normalized spacial score (nSPS) is 24.9. The van der Waals surface area contributed by atoms with Gasteiger partial charge in [0.2, 0.25) is 0 Å². The Morgan fingerprint density at radius 1 is 1.69 bits per heavy atom. The van der Waals surface area contributed by atoms with Crippen LogP contribution in [-0.2, 0) is 18.3 Å². The third-order valence-electron chi connectivity index (χ3n) is 3.50. The summed E-state index contributed by atoms with van der Waals surface area (Å²) >= 11 is 0. The van der Waals surface area contributed by atoms with E-state index in [0.29, 0.717) is 12.2 Å². The van der Waals surface area contributed by atoms with Crippen molar-refractivity contribution in [2.75, 3.05) is 13.1 Å². The molecule has 2 rings (SSSR count). The molecule has 1 aliphatic rings. The van der Waals surface area contributed by atoms with Crippen molar-refractivity contribution in [3.05, 3.63) is 11.9 Å². The van der Waals surface area contributed by atoms with E-state index >= 15 is 0 Å². The highest BCUT2D eigenvalue weighted by molar-refractivity contribution is 5.87. The summed E-state index contributed by atoms with van der Waals surface area (Å²) in [4.78, 5) is 12.3. The molecule has 5 heteroatoms. The third kappa shape index (κ3) is 2.00. The summed E-state index contributed by atoms with van der Waals surface area (Å²) < 4.78 is 1.63. The van der Waals surface area contributed by atoms with Crippen molar-refractivity contribution in [3.8, 4) is 0 Å². The van der Waals surface area contributed by atoms with Crippen LogP contribution < -0.4 is 5.32 Å². The molecule has 5 nitrogen and oxygen atoms in total. The molecule has 0 bridgehead atoms. The second kappa shape index (κ2) is 4.33. The Morgan fingerprint density at radius 2 is 2.50 bits per heavy atom. The fraction of sp³-hybridized carbons (Fsp3) is 0.727. The Balaban J connectivity index is 2.07. The van der Waals surface area contributed by atoms with Crippen molar-refractivity contribution >= 4 is 5.78 Å². The molecule has 0 amide bonds. The highest BCUT2D eigenvalue weighted by atomic mass is 16.1. The molecular weight excluding hydrogens is 204 g/mol. The van der Waals surface area contributed by atoms with Crippen molar-refractivity contribution in [2.24, 2.45) is 12.5 Å². The molecule has 0 saturated carbocycles. The van der Waals surface area contributed by atoms with Gasteiger partial charge < -0.3 is 5.32 Å². The first-order valence-electron chi connectivity index (χ1n) is 5.75. The van der Waals surface area contributed by atoms with E-state index in [1.807, 2.05) is 13.2 Å². The van der Waals surface area contributed by atoms with E-state index in [-0.39, 0.29) is 5.41 Å². The molecule has 0 aromatic carbocycles. The zero-order chi connectivity index (χ0) is 11.6. The van der Waals surface area contributed by atoms with E-state index in [2.05, 4.69) is 22.6 Å². The summed E-state index contributed by atoms with van der Waals surface area (Å²) in [5, 5.41) is 11.1. The number of aryl methyl sites for hydroxylation is 1. The lowest BCUT2D eigenvalue weighted by molar-refractivity contribution is -0.127. The van der Waals surface area contributed by atoms with Crippen LogP contribution in [0.25, 0.3) is 0 Å². The van der Waals surface area contributed by atoms with Crippen molar-refractivity contribution < 1.29 is 4.79 Å². The quantitative estimate of drug-likeness (QED) is 0.797. The lowest BCUT2D eigenvalue weighted by atomic mass is 9.78. The fourth-order valence-corrected chi connectivity index (χ4v) is 2.31. The molecule has 0 spiro atoms. The number of hydrogen-bond donors (Lipinski definition) is 1. The van der Waals surface area contributed by atoms with Crippen LogP contribution in [0.3, 0.4) is 0 Å². The van der Waals surface area contributed by atoms with Crippen molar-refractivity contribution in [1.82, 2.24) is 20.3 Å². The number of nitrogens with one attached hydrogen (secondary N) is 1. The van der Waals surface area contributed by atoms with Gasteiger partial charge in [-0.3, -0.25) is 9.48 Å². The minimum Gasteiger partial charge on any atom is -0.316 e. The van der Waals surface area contributed by atoms with Crippen molar-refractivity contribution in [1.29, 1.82) is 0 Å². The molecule has 1 aromatic rings. The smallest absolute Gasteiger partial charge is 0.146 e. The molecule has 1 aromatic heterocycles. The first-order chi connectivity index (χ1) is 7.66. The third-order valence-corrected chi connectivity index (χ3v) is 3.50. The number of rotatable bonds is 4. The van der Waals surface area contributed by atoms with E-state index in [1.54, 1.807) is 4.68 Å². The summed E-state index contributed by atoms with van der Waals surface area (Å²) in [6.45, 7) is 3.84. The molecular formula is C11H18N4O.